The van der Waals surface area contributed by atoms with E-state index in [9.17, 15) is 5.11 Å². The van der Waals surface area contributed by atoms with Gasteiger partial charge in [-0.25, -0.2) is 4.31 Å². The minimum absolute atomic E-state index is 0.478. The van der Waals surface area contributed by atoms with Gasteiger partial charge in [-0.15, -0.1) is 11.6 Å². The van der Waals surface area contributed by atoms with E-state index in [-0.39, 0.29) is 0 Å². The lowest BCUT2D eigenvalue weighted by atomic mass is 10.1. The van der Waals surface area contributed by atoms with Crippen molar-refractivity contribution in [1.29, 1.82) is 0 Å². The van der Waals surface area contributed by atoms with E-state index in [4.69, 9.17) is 16.3 Å². The number of aliphatic hydroxyl groups excluding tert-OH is 1. The summed E-state index contributed by atoms with van der Waals surface area (Å²) in [6.07, 6.45) is 1.59. The number of fused-ring (bicyclic) bond motifs is 1. The fraction of sp³-hybridized carbons (Fsp3) is 0.538. The number of unbranched alkanes of at least 4 members (excludes halogenated alkanes) is 1. The van der Waals surface area contributed by atoms with E-state index in [2.05, 4.69) is 4.31 Å². The lowest BCUT2D eigenvalue weighted by Crippen LogP contribution is -2.28. The number of β-amino-alcohol motifs (C(OH)–C–C–N with tert-alkyl or cyclic N) is 1. The number of rotatable bonds is 5. The highest BCUT2D eigenvalue weighted by Gasteiger charge is 2.27. The van der Waals surface area contributed by atoms with E-state index < -0.39 is 6.10 Å². The standard InChI is InChI=1S/C13H18ClNO2S/c1-17-11-5-4-6-12-13(11)10(16)9-15(18-12)8-3-2-7-14/h4-6,10,16H,2-3,7-9H2,1H3. The third-order valence-corrected chi connectivity index (χ3v) is 4.38. The lowest BCUT2D eigenvalue weighted by Gasteiger charge is -2.31. The fourth-order valence-corrected chi connectivity index (χ4v) is 3.47. The van der Waals surface area contributed by atoms with E-state index in [1.807, 2.05) is 18.2 Å². The first-order valence-electron chi connectivity index (χ1n) is 6.10. The zero-order chi connectivity index (χ0) is 13.0. The molecule has 1 unspecified atom stereocenters. The maximum atomic E-state index is 10.2. The molecule has 1 aliphatic rings. The maximum Gasteiger partial charge on any atom is 0.125 e. The van der Waals surface area contributed by atoms with Gasteiger partial charge in [-0.05, 0) is 36.9 Å². The van der Waals surface area contributed by atoms with Gasteiger partial charge in [0, 0.05) is 29.4 Å². The van der Waals surface area contributed by atoms with Crippen LogP contribution >= 0.6 is 23.5 Å². The normalized spacial score (nSPS) is 19.6. The number of hydrogen-bond acceptors (Lipinski definition) is 4. The Morgan fingerprint density at radius 1 is 1.50 bits per heavy atom. The Labute approximate surface area is 117 Å². The SMILES string of the molecule is COc1cccc2c1C(O)CN(CCCCCl)S2. The van der Waals surface area contributed by atoms with Crippen molar-refractivity contribution < 1.29 is 9.84 Å². The van der Waals surface area contributed by atoms with Crippen LogP contribution in [0.5, 0.6) is 5.75 Å². The van der Waals surface area contributed by atoms with Crippen LogP contribution in [0.15, 0.2) is 23.1 Å². The summed E-state index contributed by atoms with van der Waals surface area (Å²) in [5, 5.41) is 10.2. The Balaban J connectivity index is 2.09. The highest BCUT2D eigenvalue weighted by atomic mass is 35.5. The van der Waals surface area contributed by atoms with E-state index >= 15 is 0 Å². The molecule has 1 aromatic rings. The second-order valence-electron chi connectivity index (χ2n) is 4.26. The van der Waals surface area contributed by atoms with E-state index in [0.717, 1.165) is 35.6 Å². The summed E-state index contributed by atoms with van der Waals surface area (Å²) >= 11 is 7.37. The van der Waals surface area contributed by atoms with Gasteiger partial charge in [-0.3, -0.25) is 0 Å². The molecule has 18 heavy (non-hydrogen) atoms. The third kappa shape index (κ3) is 3.12. The molecule has 3 nitrogen and oxygen atoms in total. The summed E-state index contributed by atoms with van der Waals surface area (Å²) < 4.78 is 7.50. The van der Waals surface area contributed by atoms with Crippen LogP contribution < -0.4 is 4.74 Å². The van der Waals surface area contributed by atoms with Gasteiger partial charge in [-0.1, -0.05) is 6.07 Å². The van der Waals surface area contributed by atoms with Crippen LogP contribution in [-0.2, 0) is 0 Å². The van der Waals surface area contributed by atoms with Gasteiger partial charge in [-0.2, -0.15) is 0 Å². The number of halogens is 1. The molecule has 1 N–H and O–H groups in total. The summed E-state index contributed by atoms with van der Waals surface area (Å²) in [5.74, 6) is 1.47. The number of methoxy groups -OCH3 is 1. The monoisotopic (exact) mass is 287 g/mol. The van der Waals surface area contributed by atoms with Crippen LogP contribution in [0.1, 0.15) is 24.5 Å². The van der Waals surface area contributed by atoms with Crippen molar-refractivity contribution in [2.75, 3.05) is 26.1 Å². The molecule has 1 atom stereocenters. The van der Waals surface area contributed by atoms with E-state index in [1.54, 1.807) is 19.1 Å². The Morgan fingerprint density at radius 2 is 2.33 bits per heavy atom. The van der Waals surface area contributed by atoms with Gasteiger partial charge in [0.2, 0.25) is 0 Å². The molecule has 100 valence electrons. The topological polar surface area (TPSA) is 32.7 Å². The van der Waals surface area contributed by atoms with Gasteiger partial charge in [0.25, 0.3) is 0 Å². The second-order valence-corrected chi connectivity index (χ2v) is 5.78. The van der Waals surface area contributed by atoms with Gasteiger partial charge in [0.05, 0.1) is 13.2 Å². The number of alkyl halides is 1. The van der Waals surface area contributed by atoms with Crippen LogP contribution in [0, 0.1) is 0 Å². The smallest absolute Gasteiger partial charge is 0.125 e. The molecule has 0 spiro atoms. The predicted molar refractivity (Wildman–Crippen MR) is 75.3 cm³/mol. The zero-order valence-corrected chi connectivity index (χ0v) is 12.0. The van der Waals surface area contributed by atoms with Gasteiger partial charge >= 0.3 is 0 Å². The molecule has 0 bridgehead atoms. The molecule has 1 aliphatic heterocycles. The quantitative estimate of drug-likeness (QED) is 0.512. The molecule has 0 aromatic heterocycles. The summed E-state index contributed by atoms with van der Waals surface area (Å²) in [7, 11) is 1.64. The Kier molecular flexibility index (Phi) is 5.18. The first-order valence-corrected chi connectivity index (χ1v) is 7.41. The molecule has 0 amide bonds. The average Bonchev–Trinajstić information content (AvgIpc) is 2.38. The van der Waals surface area contributed by atoms with Crippen molar-refractivity contribution in [2.24, 2.45) is 0 Å². The van der Waals surface area contributed by atoms with Crippen molar-refractivity contribution >= 4 is 23.5 Å². The second kappa shape index (κ2) is 6.66. The molecule has 0 radical (unpaired) electrons. The molecular formula is C13H18ClNO2S. The fourth-order valence-electron chi connectivity index (χ4n) is 2.09. The van der Waals surface area contributed by atoms with Gasteiger partial charge in [0.1, 0.15) is 5.75 Å². The zero-order valence-electron chi connectivity index (χ0n) is 10.4. The number of aliphatic hydroxyl groups is 1. The van der Waals surface area contributed by atoms with Gasteiger partial charge < -0.3 is 9.84 Å². The maximum absolute atomic E-state index is 10.2. The number of hydrogen-bond donors (Lipinski definition) is 1. The van der Waals surface area contributed by atoms with Crippen LogP contribution in [0.2, 0.25) is 0 Å². The molecule has 1 aromatic carbocycles. The van der Waals surface area contributed by atoms with Crippen molar-refractivity contribution in [2.45, 2.75) is 23.8 Å². The molecule has 0 saturated heterocycles. The van der Waals surface area contributed by atoms with E-state index in [1.165, 1.54) is 0 Å². The van der Waals surface area contributed by atoms with Crippen molar-refractivity contribution in [3.63, 3.8) is 0 Å². The minimum atomic E-state index is -0.478. The Bertz CT molecular complexity index is 403. The highest BCUT2D eigenvalue weighted by Crippen LogP contribution is 2.41. The first kappa shape index (κ1) is 14.0. The van der Waals surface area contributed by atoms with Crippen molar-refractivity contribution in [1.82, 2.24) is 4.31 Å². The van der Waals surface area contributed by atoms with Crippen molar-refractivity contribution in [3.8, 4) is 5.75 Å². The molecule has 0 aliphatic carbocycles. The summed E-state index contributed by atoms with van der Waals surface area (Å²) in [5.41, 5.74) is 0.915. The van der Waals surface area contributed by atoms with Crippen LogP contribution in [0.3, 0.4) is 0 Å². The average molecular weight is 288 g/mol. The highest BCUT2D eigenvalue weighted by molar-refractivity contribution is 7.97. The molecule has 0 saturated carbocycles. The van der Waals surface area contributed by atoms with Crippen molar-refractivity contribution in [3.05, 3.63) is 23.8 Å². The van der Waals surface area contributed by atoms with Crippen LogP contribution in [0.4, 0.5) is 0 Å². The minimum Gasteiger partial charge on any atom is -0.496 e. The summed E-state index contributed by atoms with van der Waals surface area (Å²) in [6, 6.07) is 5.88. The van der Waals surface area contributed by atoms with Crippen LogP contribution in [0.25, 0.3) is 0 Å². The van der Waals surface area contributed by atoms with E-state index in [0.29, 0.717) is 12.4 Å². The summed E-state index contributed by atoms with van der Waals surface area (Å²) in [6.45, 7) is 1.59. The van der Waals surface area contributed by atoms with Crippen LogP contribution in [-0.4, -0.2) is 35.5 Å². The lowest BCUT2D eigenvalue weighted by molar-refractivity contribution is 0.140. The largest absolute Gasteiger partial charge is 0.496 e. The molecule has 2 rings (SSSR count). The number of benzene rings is 1. The third-order valence-electron chi connectivity index (χ3n) is 2.97. The Morgan fingerprint density at radius 3 is 3.06 bits per heavy atom. The Hall–Kier alpha value is -0.420. The molecular weight excluding hydrogens is 270 g/mol. The molecule has 0 fully saturated rings. The number of ether oxygens (including phenoxy) is 1. The first-order chi connectivity index (χ1) is 8.76. The summed E-state index contributed by atoms with van der Waals surface area (Å²) in [4.78, 5) is 1.08. The molecule has 1 heterocycles. The predicted octanol–water partition coefficient (Wildman–Crippen LogP) is 3.07. The number of nitrogens with zero attached hydrogens (tertiary/aromatic N) is 1. The molecule has 5 heteroatoms. The van der Waals surface area contributed by atoms with Gasteiger partial charge in [0.15, 0.2) is 0 Å².